The Balaban J connectivity index is 1.73. The molecule has 1 aliphatic rings. The third kappa shape index (κ3) is 5.39. The van der Waals surface area contributed by atoms with Gasteiger partial charge in [-0.15, -0.1) is 0 Å². The van der Waals surface area contributed by atoms with Crippen molar-refractivity contribution in [2.75, 3.05) is 13.2 Å². The van der Waals surface area contributed by atoms with Crippen molar-refractivity contribution in [2.45, 2.75) is 38.5 Å². The van der Waals surface area contributed by atoms with Crippen LogP contribution in [0, 0.1) is 5.92 Å². The third-order valence-electron chi connectivity index (χ3n) is 4.06. The highest BCUT2D eigenvalue weighted by Crippen LogP contribution is 2.25. The molecular weight excluding hydrogens is 280 g/mol. The lowest BCUT2D eigenvalue weighted by atomic mass is 9.87. The van der Waals surface area contributed by atoms with Gasteiger partial charge in [-0.1, -0.05) is 32.1 Å². The lowest BCUT2D eigenvalue weighted by molar-refractivity contribution is -0.119. The summed E-state index contributed by atoms with van der Waals surface area (Å²) in [6, 6.07) is 6.70. The van der Waals surface area contributed by atoms with Gasteiger partial charge < -0.3 is 15.8 Å². The number of carbonyl (C=O) groups is 2. The molecule has 0 atom stereocenters. The molecule has 5 heteroatoms. The summed E-state index contributed by atoms with van der Waals surface area (Å²) >= 11 is 0. The van der Waals surface area contributed by atoms with Crippen LogP contribution < -0.4 is 15.8 Å². The number of benzene rings is 1. The lowest BCUT2D eigenvalue weighted by Crippen LogP contribution is -2.26. The van der Waals surface area contributed by atoms with E-state index in [0.29, 0.717) is 11.3 Å². The molecular formula is C17H24N2O3. The average molecular weight is 304 g/mol. The smallest absolute Gasteiger partial charge is 0.255 e. The number of rotatable bonds is 7. The van der Waals surface area contributed by atoms with Crippen LogP contribution >= 0.6 is 0 Å². The van der Waals surface area contributed by atoms with Crippen molar-refractivity contribution in [1.29, 1.82) is 0 Å². The molecule has 2 amide bonds. The Bertz CT molecular complexity index is 493. The van der Waals surface area contributed by atoms with Crippen LogP contribution in [0.25, 0.3) is 0 Å². The fourth-order valence-electron chi connectivity index (χ4n) is 2.82. The Morgan fingerprint density at radius 2 is 1.82 bits per heavy atom. The summed E-state index contributed by atoms with van der Waals surface area (Å²) in [5, 5.41) is 2.96. The number of carbonyl (C=O) groups excluding carboxylic acids is 2. The molecule has 0 heterocycles. The van der Waals surface area contributed by atoms with Gasteiger partial charge in [0.05, 0.1) is 0 Å². The highest BCUT2D eigenvalue weighted by atomic mass is 16.5. The van der Waals surface area contributed by atoms with Crippen LogP contribution in [0.2, 0.25) is 0 Å². The van der Waals surface area contributed by atoms with Crippen LogP contribution in [0.15, 0.2) is 24.3 Å². The molecule has 1 saturated carbocycles. The Hall–Kier alpha value is -2.04. The first kappa shape index (κ1) is 16.3. The van der Waals surface area contributed by atoms with E-state index < -0.39 is 5.91 Å². The highest BCUT2D eigenvalue weighted by molar-refractivity contribution is 5.94. The van der Waals surface area contributed by atoms with Gasteiger partial charge in [0.1, 0.15) is 5.75 Å². The fourth-order valence-corrected chi connectivity index (χ4v) is 2.82. The van der Waals surface area contributed by atoms with Crippen molar-refractivity contribution in [3.05, 3.63) is 29.8 Å². The molecule has 120 valence electrons. The Morgan fingerprint density at radius 1 is 1.14 bits per heavy atom. The van der Waals surface area contributed by atoms with Crippen LogP contribution in [-0.2, 0) is 4.79 Å². The number of ether oxygens (including phenoxy) is 1. The molecule has 0 radical (unpaired) electrons. The van der Waals surface area contributed by atoms with Crippen LogP contribution in [0.4, 0.5) is 0 Å². The minimum absolute atomic E-state index is 0.0720. The maximum atomic E-state index is 12.0. The molecule has 5 nitrogen and oxygen atoms in total. The van der Waals surface area contributed by atoms with Gasteiger partial charge in [0.15, 0.2) is 6.61 Å². The number of primary amides is 1. The Kier molecular flexibility index (Phi) is 6.25. The van der Waals surface area contributed by atoms with E-state index in [0.717, 1.165) is 18.9 Å². The van der Waals surface area contributed by atoms with Gasteiger partial charge in [0.25, 0.3) is 11.8 Å². The molecule has 1 aromatic carbocycles. The molecule has 22 heavy (non-hydrogen) atoms. The van der Waals surface area contributed by atoms with Crippen molar-refractivity contribution in [1.82, 2.24) is 5.32 Å². The quantitative estimate of drug-likeness (QED) is 0.810. The van der Waals surface area contributed by atoms with Gasteiger partial charge in [0, 0.05) is 12.1 Å². The largest absolute Gasteiger partial charge is 0.484 e. The summed E-state index contributed by atoms with van der Waals surface area (Å²) in [5.41, 5.74) is 5.60. The van der Waals surface area contributed by atoms with Gasteiger partial charge in [-0.25, -0.2) is 0 Å². The minimum atomic E-state index is -0.524. The van der Waals surface area contributed by atoms with E-state index in [1.54, 1.807) is 24.3 Å². The first-order chi connectivity index (χ1) is 10.6. The van der Waals surface area contributed by atoms with Crippen molar-refractivity contribution >= 4 is 11.8 Å². The zero-order valence-corrected chi connectivity index (χ0v) is 12.8. The van der Waals surface area contributed by atoms with Crippen LogP contribution in [0.5, 0.6) is 5.75 Å². The number of hydrogen-bond donors (Lipinski definition) is 2. The summed E-state index contributed by atoms with van der Waals surface area (Å²) in [5.74, 6) is 0.693. The predicted octanol–water partition coefficient (Wildman–Crippen LogP) is 2.25. The van der Waals surface area contributed by atoms with Crippen molar-refractivity contribution in [3.8, 4) is 5.75 Å². The maximum Gasteiger partial charge on any atom is 0.255 e. The Labute approximate surface area is 131 Å². The zero-order chi connectivity index (χ0) is 15.8. The first-order valence-electron chi connectivity index (χ1n) is 7.94. The second-order valence-corrected chi connectivity index (χ2v) is 5.83. The topological polar surface area (TPSA) is 81.4 Å². The van der Waals surface area contributed by atoms with Crippen molar-refractivity contribution in [3.63, 3.8) is 0 Å². The normalized spacial score (nSPS) is 15.3. The van der Waals surface area contributed by atoms with Gasteiger partial charge >= 0.3 is 0 Å². The van der Waals surface area contributed by atoms with Gasteiger partial charge in [0.2, 0.25) is 0 Å². The molecule has 1 fully saturated rings. The van der Waals surface area contributed by atoms with Gasteiger partial charge in [-0.05, 0) is 36.6 Å². The summed E-state index contributed by atoms with van der Waals surface area (Å²) in [6.07, 6.45) is 7.65. The molecule has 0 aromatic heterocycles. The average Bonchev–Trinajstić information content (AvgIpc) is 2.54. The third-order valence-corrected chi connectivity index (χ3v) is 4.06. The van der Waals surface area contributed by atoms with E-state index in [9.17, 15) is 9.59 Å². The standard InChI is InChI=1S/C17H24N2O3/c18-16(20)12-22-15-8-6-14(7-9-15)17(21)19-11-10-13-4-2-1-3-5-13/h6-9,13H,1-5,10-12H2,(H2,18,20)(H,19,21). The molecule has 1 aliphatic carbocycles. The van der Waals surface area contributed by atoms with E-state index in [4.69, 9.17) is 10.5 Å². The van der Waals surface area contributed by atoms with Crippen molar-refractivity contribution < 1.29 is 14.3 Å². The number of nitrogens with two attached hydrogens (primary N) is 1. The van der Waals surface area contributed by atoms with Crippen LogP contribution in [0.3, 0.4) is 0 Å². The molecule has 0 aliphatic heterocycles. The van der Waals surface area contributed by atoms with E-state index in [1.807, 2.05) is 0 Å². The van der Waals surface area contributed by atoms with Crippen molar-refractivity contribution in [2.24, 2.45) is 11.7 Å². The SMILES string of the molecule is NC(=O)COc1ccc(C(=O)NCCC2CCCCC2)cc1. The fraction of sp³-hybridized carbons (Fsp3) is 0.529. The number of hydrogen-bond acceptors (Lipinski definition) is 3. The van der Waals surface area contributed by atoms with Gasteiger partial charge in [-0.3, -0.25) is 9.59 Å². The number of amides is 2. The molecule has 1 aromatic rings. The van der Waals surface area contributed by atoms with Crippen LogP contribution in [0.1, 0.15) is 48.9 Å². The summed E-state index contributed by atoms with van der Waals surface area (Å²) in [7, 11) is 0. The monoisotopic (exact) mass is 304 g/mol. The summed E-state index contributed by atoms with van der Waals surface area (Å²) < 4.78 is 5.16. The van der Waals surface area contributed by atoms with E-state index in [1.165, 1.54) is 32.1 Å². The number of nitrogens with one attached hydrogen (secondary N) is 1. The maximum absolute atomic E-state index is 12.0. The summed E-state index contributed by atoms with van der Waals surface area (Å²) in [6.45, 7) is 0.566. The second-order valence-electron chi connectivity index (χ2n) is 5.83. The molecule has 2 rings (SSSR count). The second kappa shape index (κ2) is 8.41. The molecule has 0 spiro atoms. The minimum Gasteiger partial charge on any atom is -0.484 e. The molecule has 0 saturated heterocycles. The summed E-state index contributed by atoms with van der Waals surface area (Å²) in [4.78, 5) is 22.7. The Morgan fingerprint density at radius 3 is 2.45 bits per heavy atom. The van der Waals surface area contributed by atoms with E-state index in [2.05, 4.69) is 5.32 Å². The lowest BCUT2D eigenvalue weighted by Gasteiger charge is -2.21. The van der Waals surface area contributed by atoms with E-state index >= 15 is 0 Å². The molecule has 0 unspecified atom stereocenters. The highest BCUT2D eigenvalue weighted by Gasteiger charge is 2.13. The zero-order valence-electron chi connectivity index (χ0n) is 12.8. The van der Waals surface area contributed by atoms with E-state index in [-0.39, 0.29) is 12.5 Å². The van der Waals surface area contributed by atoms with Gasteiger partial charge in [-0.2, -0.15) is 0 Å². The van der Waals surface area contributed by atoms with Crippen LogP contribution in [-0.4, -0.2) is 25.0 Å². The first-order valence-corrected chi connectivity index (χ1v) is 7.94. The molecule has 0 bridgehead atoms. The predicted molar refractivity (Wildman–Crippen MR) is 84.7 cm³/mol. The molecule has 3 N–H and O–H groups in total.